The predicted molar refractivity (Wildman–Crippen MR) is 146 cm³/mol. The number of carbonyl (C=O) groups excluding carboxylic acids is 1. The minimum absolute atomic E-state index is 0.0255. The summed E-state index contributed by atoms with van der Waals surface area (Å²) in [7, 11) is 0. The number of carbonyl (C=O) groups is 1. The number of rotatable bonds is 6. The molecule has 0 aromatic heterocycles. The topological polar surface area (TPSA) is 20.3 Å². The molecule has 1 heterocycles. The van der Waals surface area contributed by atoms with E-state index in [0.717, 1.165) is 22.4 Å². The van der Waals surface area contributed by atoms with Crippen molar-refractivity contribution in [3.05, 3.63) is 126 Å². The molecule has 0 N–H and O–H groups in total. The molecule has 0 bridgehead atoms. The van der Waals surface area contributed by atoms with Gasteiger partial charge in [0.1, 0.15) is 5.54 Å². The fourth-order valence-electron chi connectivity index (χ4n) is 4.08. The largest absolute Gasteiger partial charge is 0.290 e. The standard InChI is InChI=1S/C26H25NO.C3H8.C2H6/c1-5-14-21(15-6-2)26(20(7-3)8-4)24-19-13-12-18-23(24)25(28)27(26)22-16-10-9-11-17-22;1-3-2;1-2/h5-19H,1,3H2,2,4H3;3H2,1-2H3;1-2H3/b15-6-,20-8+,21-14+;;. The second kappa shape index (κ2) is 13.9. The Morgan fingerprint density at radius 2 is 1.52 bits per heavy atom. The van der Waals surface area contributed by atoms with Crippen LogP contribution in [0.4, 0.5) is 5.69 Å². The van der Waals surface area contributed by atoms with Gasteiger partial charge in [-0.3, -0.25) is 9.69 Å². The number of nitrogens with zero attached hydrogens (tertiary/aromatic N) is 1. The molecule has 1 amide bonds. The van der Waals surface area contributed by atoms with E-state index in [0.29, 0.717) is 5.56 Å². The minimum atomic E-state index is -0.813. The molecule has 0 radical (unpaired) electrons. The summed E-state index contributed by atoms with van der Waals surface area (Å²) in [6.45, 7) is 20.2. The first-order valence-electron chi connectivity index (χ1n) is 11.8. The molecule has 1 aliphatic heterocycles. The molecule has 2 aromatic rings. The van der Waals surface area contributed by atoms with Gasteiger partial charge in [0.05, 0.1) is 0 Å². The molecule has 0 saturated carbocycles. The zero-order chi connectivity index (χ0) is 24.9. The highest BCUT2D eigenvalue weighted by Gasteiger charge is 2.53. The average molecular weight is 442 g/mol. The van der Waals surface area contributed by atoms with Gasteiger partial charge < -0.3 is 0 Å². The highest BCUT2D eigenvalue weighted by molar-refractivity contribution is 6.14. The Morgan fingerprint density at radius 1 is 0.939 bits per heavy atom. The molecule has 0 spiro atoms. The molecular formula is C31H39NO. The van der Waals surface area contributed by atoms with E-state index in [4.69, 9.17) is 0 Å². The first-order valence-corrected chi connectivity index (χ1v) is 11.8. The molecule has 1 unspecified atom stereocenters. The molecule has 33 heavy (non-hydrogen) atoms. The van der Waals surface area contributed by atoms with Gasteiger partial charge in [-0.2, -0.15) is 0 Å². The van der Waals surface area contributed by atoms with Crippen LogP contribution in [0.3, 0.4) is 0 Å². The Labute approximate surface area is 201 Å². The van der Waals surface area contributed by atoms with Crippen LogP contribution >= 0.6 is 0 Å². The van der Waals surface area contributed by atoms with Gasteiger partial charge in [0.15, 0.2) is 0 Å². The Balaban J connectivity index is 0.00000101. The van der Waals surface area contributed by atoms with Crippen LogP contribution in [-0.2, 0) is 5.54 Å². The SMILES string of the molecule is C=C/C=C(\C=C/C)C1(/C(C=C)=C/C)c2ccccc2C(=O)N1c1ccccc1.CC.CCC. The lowest BCUT2D eigenvalue weighted by molar-refractivity contribution is 0.0986. The first kappa shape index (κ1) is 27.6. The molecule has 2 heteroatoms. The number of anilines is 1. The van der Waals surface area contributed by atoms with E-state index in [2.05, 4.69) is 27.0 Å². The van der Waals surface area contributed by atoms with Gasteiger partial charge in [-0.05, 0) is 48.8 Å². The first-order chi connectivity index (χ1) is 16.1. The summed E-state index contributed by atoms with van der Waals surface area (Å²) in [4.78, 5) is 15.5. The monoisotopic (exact) mass is 441 g/mol. The number of hydrogen-bond donors (Lipinski definition) is 0. The van der Waals surface area contributed by atoms with E-state index < -0.39 is 5.54 Å². The van der Waals surface area contributed by atoms with Crippen molar-refractivity contribution < 1.29 is 4.79 Å². The van der Waals surface area contributed by atoms with E-state index in [9.17, 15) is 4.79 Å². The lowest BCUT2D eigenvalue weighted by Gasteiger charge is -2.42. The molecule has 1 atom stereocenters. The van der Waals surface area contributed by atoms with Gasteiger partial charge >= 0.3 is 0 Å². The van der Waals surface area contributed by atoms with Crippen LogP contribution in [0, 0.1) is 0 Å². The van der Waals surface area contributed by atoms with Gasteiger partial charge in [-0.1, -0.05) is 120 Å². The second-order valence-electron chi connectivity index (χ2n) is 7.25. The third kappa shape index (κ3) is 5.34. The molecule has 0 saturated heterocycles. The van der Waals surface area contributed by atoms with Crippen molar-refractivity contribution in [2.75, 3.05) is 4.90 Å². The smallest absolute Gasteiger partial charge is 0.260 e. The van der Waals surface area contributed by atoms with E-state index in [-0.39, 0.29) is 5.91 Å². The summed E-state index contributed by atoms with van der Waals surface area (Å²) < 4.78 is 0. The summed E-state index contributed by atoms with van der Waals surface area (Å²) in [6.07, 6.45) is 12.9. The van der Waals surface area contributed by atoms with E-state index in [1.54, 1.807) is 6.08 Å². The van der Waals surface area contributed by atoms with E-state index in [1.807, 2.05) is 118 Å². The van der Waals surface area contributed by atoms with E-state index in [1.165, 1.54) is 6.42 Å². The molecule has 1 aliphatic rings. The summed E-state index contributed by atoms with van der Waals surface area (Å²) in [6, 6.07) is 17.6. The number of para-hydroxylation sites is 1. The van der Waals surface area contributed by atoms with Gasteiger partial charge in [0.2, 0.25) is 0 Å². The van der Waals surface area contributed by atoms with Crippen molar-refractivity contribution in [3.8, 4) is 0 Å². The Bertz CT molecular complexity index is 1010. The summed E-state index contributed by atoms with van der Waals surface area (Å²) in [5.74, 6) is -0.0255. The number of allylic oxidation sites excluding steroid dienone is 4. The van der Waals surface area contributed by atoms with Crippen molar-refractivity contribution in [2.24, 2.45) is 0 Å². The Morgan fingerprint density at radius 3 is 2.03 bits per heavy atom. The van der Waals surface area contributed by atoms with Gasteiger partial charge in [-0.25, -0.2) is 0 Å². The molecule has 3 rings (SSSR count). The molecular weight excluding hydrogens is 402 g/mol. The van der Waals surface area contributed by atoms with E-state index >= 15 is 0 Å². The zero-order valence-corrected chi connectivity index (χ0v) is 21.1. The molecule has 2 aromatic carbocycles. The fourth-order valence-corrected chi connectivity index (χ4v) is 4.08. The van der Waals surface area contributed by atoms with Crippen molar-refractivity contribution >= 4 is 11.6 Å². The lowest BCUT2D eigenvalue weighted by atomic mass is 9.75. The van der Waals surface area contributed by atoms with Crippen LogP contribution in [0.5, 0.6) is 0 Å². The minimum Gasteiger partial charge on any atom is -0.290 e. The van der Waals surface area contributed by atoms with Crippen LogP contribution < -0.4 is 4.90 Å². The Hall–Kier alpha value is -3.39. The maximum Gasteiger partial charge on any atom is 0.260 e. The predicted octanol–water partition coefficient (Wildman–Crippen LogP) is 8.81. The summed E-state index contributed by atoms with van der Waals surface area (Å²) in [5.41, 5.74) is 3.58. The highest BCUT2D eigenvalue weighted by Crippen LogP contribution is 2.52. The fraction of sp³-hybridized carbons (Fsp3) is 0.258. The number of fused-ring (bicyclic) bond motifs is 1. The number of amides is 1. The molecule has 174 valence electrons. The molecule has 2 nitrogen and oxygen atoms in total. The van der Waals surface area contributed by atoms with Gasteiger partial charge in [0, 0.05) is 11.3 Å². The number of hydrogen-bond acceptors (Lipinski definition) is 1. The normalized spacial score (nSPS) is 17.5. The Kier molecular flexibility index (Phi) is 11.6. The van der Waals surface area contributed by atoms with Crippen molar-refractivity contribution in [2.45, 2.75) is 53.5 Å². The third-order valence-corrected chi connectivity index (χ3v) is 5.11. The van der Waals surface area contributed by atoms with Crippen LogP contribution in [0.1, 0.15) is 63.9 Å². The van der Waals surface area contributed by atoms with Crippen molar-refractivity contribution in [3.63, 3.8) is 0 Å². The van der Waals surface area contributed by atoms with Crippen molar-refractivity contribution in [1.82, 2.24) is 0 Å². The van der Waals surface area contributed by atoms with Crippen LogP contribution in [0.25, 0.3) is 0 Å². The maximum atomic E-state index is 13.6. The zero-order valence-electron chi connectivity index (χ0n) is 21.1. The lowest BCUT2D eigenvalue weighted by Crippen LogP contribution is -2.46. The van der Waals surface area contributed by atoms with Gasteiger partial charge in [-0.15, -0.1) is 0 Å². The van der Waals surface area contributed by atoms with Crippen LogP contribution in [0.2, 0.25) is 0 Å². The summed E-state index contributed by atoms with van der Waals surface area (Å²) in [5, 5.41) is 0. The van der Waals surface area contributed by atoms with Crippen molar-refractivity contribution in [1.29, 1.82) is 0 Å². The van der Waals surface area contributed by atoms with Crippen LogP contribution in [0.15, 0.2) is 115 Å². The quantitative estimate of drug-likeness (QED) is 0.410. The average Bonchev–Trinajstić information content (AvgIpc) is 3.11. The van der Waals surface area contributed by atoms with Crippen LogP contribution in [-0.4, -0.2) is 5.91 Å². The molecule has 0 aliphatic carbocycles. The third-order valence-electron chi connectivity index (χ3n) is 5.11. The number of benzene rings is 2. The van der Waals surface area contributed by atoms with Gasteiger partial charge in [0.25, 0.3) is 5.91 Å². The molecule has 0 fully saturated rings. The summed E-state index contributed by atoms with van der Waals surface area (Å²) >= 11 is 0. The maximum absolute atomic E-state index is 13.6. The second-order valence-corrected chi connectivity index (χ2v) is 7.25. The highest BCUT2D eigenvalue weighted by atomic mass is 16.2.